The summed E-state index contributed by atoms with van der Waals surface area (Å²) in [7, 11) is 3.71. The predicted octanol–water partition coefficient (Wildman–Crippen LogP) is 2.84. The number of aryl methyl sites for hydroxylation is 1. The van der Waals surface area contributed by atoms with Gasteiger partial charge < -0.3 is 14.7 Å². The summed E-state index contributed by atoms with van der Waals surface area (Å²) < 4.78 is 8.05. The monoisotopic (exact) mass is 371 g/mol. The fraction of sp³-hybridized carbons (Fsp3) is 0.524. The zero-order valence-electron chi connectivity index (χ0n) is 17.1. The first-order valence-corrected chi connectivity index (χ1v) is 9.37. The van der Waals surface area contributed by atoms with Gasteiger partial charge in [0, 0.05) is 38.8 Å². The molecule has 3 rings (SSSR count). The van der Waals surface area contributed by atoms with Crippen molar-refractivity contribution in [1.82, 2.24) is 14.7 Å². The van der Waals surface area contributed by atoms with E-state index in [0.29, 0.717) is 25.1 Å². The number of aromatic hydroxyl groups is 1. The van der Waals surface area contributed by atoms with Crippen molar-refractivity contribution >= 4 is 5.91 Å². The van der Waals surface area contributed by atoms with Crippen molar-refractivity contribution < 1.29 is 14.6 Å². The maximum absolute atomic E-state index is 13.1. The number of likely N-dealkylation sites (N-methyl/N-ethyl adjacent to an activating group) is 1. The van der Waals surface area contributed by atoms with Crippen LogP contribution in [0.15, 0.2) is 12.4 Å². The molecule has 1 aliphatic rings. The smallest absolute Gasteiger partial charge is 0.266 e. The van der Waals surface area contributed by atoms with Crippen LogP contribution in [0.1, 0.15) is 41.2 Å². The van der Waals surface area contributed by atoms with Gasteiger partial charge in [0.1, 0.15) is 11.5 Å². The highest BCUT2D eigenvalue weighted by atomic mass is 16.5. The zero-order chi connectivity index (χ0) is 19.9. The molecule has 6 heteroatoms. The van der Waals surface area contributed by atoms with Gasteiger partial charge >= 0.3 is 0 Å². The van der Waals surface area contributed by atoms with Gasteiger partial charge in [0.2, 0.25) is 0 Å². The van der Waals surface area contributed by atoms with Crippen LogP contribution in [-0.4, -0.2) is 44.9 Å². The van der Waals surface area contributed by atoms with Gasteiger partial charge in [-0.05, 0) is 62.8 Å². The molecule has 1 aliphatic heterocycles. The molecule has 27 heavy (non-hydrogen) atoms. The van der Waals surface area contributed by atoms with E-state index in [1.807, 2.05) is 54.2 Å². The SMILES string of the molecule is Cc1c(C)c2c(c(C)c1O)CC[C@](C)(C(=O)N(C)CCc1cnn(C)c1)O2. The third-order valence-electron chi connectivity index (χ3n) is 5.81. The molecule has 2 heterocycles. The molecule has 1 aromatic carbocycles. The summed E-state index contributed by atoms with van der Waals surface area (Å²) in [6.07, 6.45) is 5.87. The van der Waals surface area contributed by atoms with Crippen LogP contribution in [0, 0.1) is 20.8 Å². The number of phenols is 1. The highest BCUT2D eigenvalue weighted by Crippen LogP contribution is 2.43. The van der Waals surface area contributed by atoms with Gasteiger partial charge in [0.15, 0.2) is 5.60 Å². The van der Waals surface area contributed by atoms with Crippen molar-refractivity contribution in [3.63, 3.8) is 0 Å². The largest absolute Gasteiger partial charge is 0.507 e. The van der Waals surface area contributed by atoms with E-state index in [-0.39, 0.29) is 5.91 Å². The number of carbonyl (C=O) groups is 1. The zero-order valence-corrected chi connectivity index (χ0v) is 17.1. The summed E-state index contributed by atoms with van der Waals surface area (Å²) in [5, 5.41) is 14.5. The van der Waals surface area contributed by atoms with Gasteiger partial charge in [-0.25, -0.2) is 0 Å². The van der Waals surface area contributed by atoms with Crippen LogP contribution < -0.4 is 4.74 Å². The number of carbonyl (C=O) groups excluding carboxylic acids is 1. The number of ether oxygens (including phenoxy) is 1. The molecule has 0 radical (unpaired) electrons. The van der Waals surface area contributed by atoms with Crippen LogP contribution in [0.2, 0.25) is 0 Å². The Morgan fingerprint density at radius 2 is 2.04 bits per heavy atom. The molecule has 1 N–H and O–H groups in total. The molecule has 0 aliphatic carbocycles. The average Bonchev–Trinajstić information content (AvgIpc) is 3.07. The molecule has 1 amide bonds. The number of nitrogens with zero attached hydrogens (tertiary/aromatic N) is 3. The molecule has 1 aromatic heterocycles. The topological polar surface area (TPSA) is 67.6 Å². The second-order valence-electron chi connectivity index (χ2n) is 7.86. The highest BCUT2D eigenvalue weighted by Gasteiger charge is 2.42. The number of amides is 1. The molecule has 6 nitrogen and oxygen atoms in total. The molecule has 0 bridgehead atoms. The summed E-state index contributed by atoms with van der Waals surface area (Å²) in [6, 6.07) is 0. The maximum atomic E-state index is 13.1. The summed E-state index contributed by atoms with van der Waals surface area (Å²) in [6.45, 7) is 8.22. The van der Waals surface area contributed by atoms with Crippen molar-refractivity contribution in [2.24, 2.45) is 7.05 Å². The van der Waals surface area contributed by atoms with Gasteiger partial charge in [0.05, 0.1) is 6.20 Å². The Labute approximate surface area is 160 Å². The maximum Gasteiger partial charge on any atom is 0.266 e. The van der Waals surface area contributed by atoms with Gasteiger partial charge in [-0.15, -0.1) is 0 Å². The van der Waals surface area contributed by atoms with Crippen LogP contribution in [0.3, 0.4) is 0 Å². The van der Waals surface area contributed by atoms with Crippen molar-refractivity contribution in [3.05, 3.63) is 40.2 Å². The van der Waals surface area contributed by atoms with Crippen LogP contribution in [-0.2, 0) is 24.7 Å². The molecule has 0 saturated carbocycles. The number of hydrogen-bond acceptors (Lipinski definition) is 4. The molecule has 0 fully saturated rings. The van der Waals surface area contributed by atoms with Gasteiger partial charge in [-0.3, -0.25) is 9.48 Å². The van der Waals surface area contributed by atoms with E-state index in [0.717, 1.165) is 40.0 Å². The summed E-state index contributed by atoms with van der Waals surface area (Å²) >= 11 is 0. The Kier molecular flexibility index (Phi) is 4.93. The van der Waals surface area contributed by atoms with E-state index < -0.39 is 5.60 Å². The number of rotatable bonds is 4. The van der Waals surface area contributed by atoms with E-state index in [9.17, 15) is 9.90 Å². The lowest BCUT2D eigenvalue weighted by Crippen LogP contribution is -2.52. The summed E-state index contributed by atoms with van der Waals surface area (Å²) in [5.41, 5.74) is 3.80. The van der Waals surface area contributed by atoms with E-state index in [1.54, 1.807) is 9.58 Å². The van der Waals surface area contributed by atoms with E-state index >= 15 is 0 Å². The Balaban J connectivity index is 1.78. The molecular weight excluding hydrogens is 342 g/mol. The van der Waals surface area contributed by atoms with Crippen molar-refractivity contribution in [1.29, 1.82) is 0 Å². The lowest BCUT2D eigenvalue weighted by molar-refractivity contribution is -0.146. The first-order valence-electron chi connectivity index (χ1n) is 9.37. The minimum Gasteiger partial charge on any atom is -0.507 e. The van der Waals surface area contributed by atoms with Gasteiger partial charge in [0.25, 0.3) is 5.91 Å². The Morgan fingerprint density at radius 1 is 1.33 bits per heavy atom. The van der Waals surface area contributed by atoms with E-state index in [1.165, 1.54) is 0 Å². The molecule has 2 aromatic rings. The van der Waals surface area contributed by atoms with Crippen molar-refractivity contribution in [2.45, 2.75) is 52.6 Å². The normalized spacial score (nSPS) is 18.7. The van der Waals surface area contributed by atoms with E-state index in [2.05, 4.69) is 5.10 Å². The quantitative estimate of drug-likeness (QED) is 0.897. The lowest BCUT2D eigenvalue weighted by Gasteiger charge is -2.38. The molecule has 0 spiro atoms. The average molecular weight is 371 g/mol. The van der Waals surface area contributed by atoms with Crippen molar-refractivity contribution in [2.75, 3.05) is 13.6 Å². The first kappa shape index (κ1) is 19.3. The fourth-order valence-electron chi connectivity index (χ4n) is 3.80. The van der Waals surface area contributed by atoms with Crippen LogP contribution in [0.5, 0.6) is 11.5 Å². The number of benzene rings is 1. The molecule has 1 atom stereocenters. The molecule has 146 valence electrons. The van der Waals surface area contributed by atoms with Crippen LogP contribution in [0.25, 0.3) is 0 Å². The summed E-state index contributed by atoms with van der Waals surface area (Å²) in [4.78, 5) is 14.9. The molecule has 0 saturated heterocycles. The first-order chi connectivity index (χ1) is 12.6. The highest BCUT2D eigenvalue weighted by molar-refractivity contribution is 5.85. The molecule has 0 unspecified atom stereocenters. The Bertz CT molecular complexity index is 887. The minimum atomic E-state index is -0.892. The third-order valence-corrected chi connectivity index (χ3v) is 5.81. The second-order valence-corrected chi connectivity index (χ2v) is 7.86. The fourth-order valence-corrected chi connectivity index (χ4v) is 3.80. The summed E-state index contributed by atoms with van der Waals surface area (Å²) in [5.74, 6) is 1.07. The van der Waals surface area contributed by atoms with Crippen LogP contribution in [0.4, 0.5) is 0 Å². The minimum absolute atomic E-state index is 0.0141. The van der Waals surface area contributed by atoms with Gasteiger partial charge in [-0.1, -0.05) is 0 Å². The lowest BCUT2D eigenvalue weighted by atomic mass is 9.86. The number of phenolic OH excluding ortho intramolecular Hbond substituents is 1. The number of fused-ring (bicyclic) bond motifs is 1. The number of aromatic nitrogens is 2. The second kappa shape index (κ2) is 6.91. The van der Waals surface area contributed by atoms with E-state index in [4.69, 9.17) is 4.74 Å². The predicted molar refractivity (Wildman–Crippen MR) is 104 cm³/mol. The Morgan fingerprint density at radius 3 is 2.67 bits per heavy atom. The third kappa shape index (κ3) is 3.40. The number of hydrogen-bond donors (Lipinski definition) is 1. The van der Waals surface area contributed by atoms with Crippen molar-refractivity contribution in [3.8, 4) is 11.5 Å². The molecular formula is C21H29N3O3. The van der Waals surface area contributed by atoms with Crippen LogP contribution >= 0.6 is 0 Å². The Hall–Kier alpha value is -2.50. The van der Waals surface area contributed by atoms with Gasteiger partial charge in [-0.2, -0.15) is 5.10 Å². The standard InChI is InChI=1S/C21H29N3O3/c1-13-14(2)19-17(15(3)18(13)25)7-9-21(4,27-19)20(26)23(5)10-8-16-11-22-24(6)12-16/h11-12,25H,7-10H2,1-6H3/t21-/m1/s1.